The van der Waals surface area contributed by atoms with Gasteiger partial charge in [0.1, 0.15) is 6.10 Å². The number of carbonyl (C=O) groups excluding carboxylic acids is 2. The first kappa shape index (κ1) is 20.0. The number of hydrogen-bond donors (Lipinski definition) is 1. The Hall–Kier alpha value is -3.25. The van der Waals surface area contributed by atoms with E-state index in [0.717, 1.165) is 10.9 Å². The Labute approximate surface area is 175 Å². The molecule has 2 aromatic carbocycles. The van der Waals surface area contributed by atoms with E-state index in [1.54, 1.807) is 11.0 Å². The molecular formula is C24H25N3O3. The van der Waals surface area contributed by atoms with Gasteiger partial charge in [-0.25, -0.2) is 4.98 Å². The molecular weight excluding hydrogens is 378 g/mol. The van der Waals surface area contributed by atoms with Gasteiger partial charge in [0, 0.05) is 23.5 Å². The van der Waals surface area contributed by atoms with Gasteiger partial charge in [-0.3, -0.25) is 9.59 Å². The molecule has 4 rings (SSSR count). The highest BCUT2D eigenvalue weighted by Gasteiger charge is 2.28. The second-order valence-electron chi connectivity index (χ2n) is 7.72. The Bertz CT molecular complexity index is 1070. The Morgan fingerprint density at radius 2 is 1.83 bits per heavy atom. The highest BCUT2D eigenvalue weighted by molar-refractivity contribution is 6.06. The number of morpholine rings is 1. The maximum Gasteiger partial charge on any atom is 0.254 e. The zero-order valence-electron chi connectivity index (χ0n) is 17.2. The number of rotatable bonds is 4. The van der Waals surface area contributed by atoms with E-state index in [2.05, 4.69) is 5.32 Å². The number of ether oxygens (including phenoxy) is 1. The average Bonchev–Trinajstić information content (AvgIpc) is 2.78. The monoisotopic (exact) mass is 403 g/mol. The number of benzene rings is 2. The Kier molecular flexibility index (Phi) is 5.77. The van der Waals surface area contributed by atoms with Gasteiger partial charge in [-0.05, 0) is 38.1 Å². The summed E-state index contributed by atoms with van der Waals surface area (Å²) in [7, 11) is 0. The molecule has 0 saturated carbocycles. The lowest BCUT2D eigenvalue weighted by atomic mass is 10.0. The van der Waals surface area contributed by atoms with Crippen LogP contribution in [0.3, 0.4) is 0 Å². The van der Waals surface area contributed by atoms with Gasteiger partial charge < -0.3 is 15.0 Å². The van der Waals surface area contributed by atoms with Crippen LogP contribution < -0.4 is 5.32 Å². The number of aromatic nitrogens is 1. The maximum absolute atomic E-state index is 12.9. The van der Waals surface area contributed by atoms with Gasteiger partial charge in [-0.1, -0.05) is 36.4 Å². The van der Waals surface area contributed by atoms with Crippen LogP contribution >= 0.6 is 0 Å². The topological polar surface area (TPSA) is 71.5 Å². The molecule has 154 valence electrons. The second-order valence-corrected chi connectivity index (χ2v) is 7.72. The van der Waals surface area contributed by atoms with E-state index in [4.69, 9.17) is 9.72 Å². The molecule has 0 unspecified atom stereocenters. The molecule has 0 bridgehead atoms. The van der Waals surface area contributed by atoms with Crippen molar-refractivity contribution >= 4 is 22.7 Å². The molecule has 1 aromatic heterocycles. The van der Waals surface area contributed by atoms with Gasteiger partial charge in [0.2, 0.25) is 0 Å². The van der Waals surface area contributed by atoms with E-state index < -0.39 is 0 Å². The predicted octanol–water partition coefficient (Wildman–Crippen LogP) is 3.59. The van der Waals surface area contributed by atoms with Crippen LogP contribution in [0, 0.1) is 0 Å². The fourth-order valence-electron chi connectivity index (χ4n) is 3.66. The van der Waals surface area contributed by atoms with Crippen LogP contribution in [-0.2, 0) is 4.74 Å². The van der Waals surface area contributed by atoms with Crippen molar-refractivity contribution < 1.29 is 14.3 Å². The number of nitrogens with zero attached hydrogens (tertiary/aromatic N) is 2. The van der Waals surface area contributed by atoms with Crippen molar-refractivity contribution in [1.82, 2.24) is 15.2 Å². The van der Waals surface area contributed by atoms with Crippen molar-refractivity contribution in [1.29, 1.82) is 0 Å². The Morgan fingerprint density at radius 3 is 2.60 bits per heavy atom. The lowest BCUT2D eigenvalue weighted by molar-refractivity contribution is -0.0246. The number of carbonyl (C=O) groups is 2. The molecule has 1 N–H and O–H groups in total. The lowest BCUT2D eigenvalue weighted by Crippen LogP contribution is -2.42. The largest absolute Gasteiger partial charge is 0.368 e. The number of fused-ring (bicyclic) bond motifs is 1. The van der Waals surface area contributed by atoms with Gasteiger partial charge in [0.25, 0.3) is 11.8 Å². The normalized spacial score (nSPS) is 16.6. The average molecular weight is 403 g/mol. The number of amides is 2. The van der Waals surface area contributed by atoms with E-state index in [1.807, 2.05) is 68.4 Å². The smallest absolute Gasteiger partial charge is 0.254 e. The SMILES string of the molecule is CC(C)NC(=O)c1cc([C@@H]2CN(C(=O)c3ccccc3)CCO2)nc2ccccc12. The fraction of sp³-hybridized carbons (Fsp3) is 0.292. The summed E-state index contributed by atoms with van der Waals surface area (Å²) in [5, 5.41) is 3.76. The molecule has 3 aromatic rings. The molecule has 1 fully saturated rings. The first-order chi connectivity index (χ1) is 14.5. The molecule has 6 nitrogen and oxygen atoms in total. The van der Waals surface area contributed by atoms with Crippen molar-refractivity contribution in [3.63, 3.8) is 0 Å². The molecule has 1 aliphatic rings. The van der Waals surface area contributed by atoms with Crippen LogP contribution in [0.1, 0.15) is 46.4 Å². The van der Waals surface area contributed by atoms with Gasteiger partial charge in [0.15, 0.2) is 0 Å². The Morgan fingerprint density at radius 1 is 1.10 bits per heavy atom. The molecule has 1 saturated heterocycles. The summed E-state index contributed by atoms with van der Waals surface area (Å²) in [6.07, 6.45) is -0.387. The summed E-state index contributed by atoms with van der Waals surface area (Å²) >= 11 is 0. The highest BCUT2D eigenvalue weighted by atomic mass is 16.5. The van der Waals surface area contributed by atoms with Crippen LogP contribution in [0.5, 0.6) is 0 Å². The molecule has 30 heavy (non-hydrogen) atoms. The van der Waals surface area contributed by atoms with E-state index in [1.165, 1.54) is 0 Å². The van der Waals surface area contributed by atoms with Crippen molar-refractivity contribution in [3.8, 4) is 0 Å². The first-order valence-electron chi connectivity index (χ1n) is 10.2. The van der Waals surface area contributed by atoms with Gasteiger partial charge in [0.05, 0.1) is 29.9 Å². The molecule has 1 aliphatic heterocycles. The van der Waals surface area contributed by atoms with Crippen LogP contribution in [0.15, 0.2) is 60.7 Å². The summed E-state index contributed by atoms with van der Waals surface area (Å²) in [5.74, 6) is -0.166. The van der Waals surface area contributed by atoms with Crippen LogP contribution in [0.25, 0.3) is 10.9 Å². The summed E-state index contributed by atoms with van der Waals surface area (Å²) < 4.78 is 5.96. The third-order valence-electron chi connectivity index (χ3n) is 5.10. The molecule has 1 atom stereocenters. The van der Waals surface area contributed by atoms with Gasteiger partial charge >= 0.3 is 0 Å². The molecule has 0 radical (unpaired) electrons. The standard InChI is InChI=1S/C24H25N3O3/c1-16(2)25-23(28)19-14-21(26-20-11-7-6-10-18(19)20)22-15-27(12-13-30-22)24(29)17-8-4-3-5-9-17/h3-11,14,16,22H,12-13,15H2,1-2H3,(H,25,28)/t22-/m0/s1. The van der Waals surface area contributed by atoms with Crippen molar-refractivity contribution in [2.24, 2.45) is 0 Å². The van der Waals surface area contributed by atoms with Gasteiger partial charge in [-0.15, -0.1) is 0 Å². The number of nitrogens with one attached hydrogen (secondary N) is 1. The highest BCUT2D eigenvalue weighted by Crippen LogP contribution is 2.27. The summed E-state index contributed by atoms with van der Waals surface area (Å²) in [6, 6.07) is 18.6. The van der Waals surface area contributed by atoms with E-state index in [-0.39, 0.29) is 24.0 Å². The number of para-hydroxylation sites is 1. The van der Waals surface area contributed by atoms with Crippen LogP contribution in [0.4, 0.5) is 0 Å². The molecule has 2 heterocycles. The van der Waals surface area contributed by atoms with Crippen LogP contribution in [-0.4, -0.2) is 47.4 Å². The number of hydrogen-bond acceptors (Lipinski definition) is 4. The maximum atomic E-state index is 12.9. The van der Waals surface area contributed by atoms with Crippen LogP contribution in [0.2, 0.25) is 0 Å². The number of pyridine rings is 1. The minimum Gasteiger partial charge on any atom is -0.368 e. The minimum atomic E-state index is -0.387. The molecule has 0 aliphatic carbocycles. The summed E-state index contributed by atoms with van der Waals surface area (Å²) in [6.45, 7) is 5.20. The fourth-order valence-corrected chi connectivity index (χ4v) is 3.66. The molecule has 6 heteroatoms. The Balaban J connectivity index is 1.65. The third kappa shape index (κ3) is 4.19. The zero-order valence-corrected chi connectivity index (χ0v) is 17.2. The quantitative estimate of drug-likeness (QED) is 0.723. The summed E-state index contributed by atoms with van der Waals surface area (Å²) in [4.78, 5) is 32.2. The predicted molar refractivity (Wildman–Crippen MR) is 115 cm³/mol. The zero-order chi connectivity index (χ0) is 21.1. The molecule has 2 amide bonds. The van der Waals surface area contributed by atoms with Crippen molar-refractivity contribution in [3.05, 3.63) is 77.5 Å². The van der Waals surface area contributed by atoms with Crippen molar-refractivity contribution in [2.75, 3.05) is 19.7 Å². The second kappa shape index (κ2) is 8.63. The third-order valence-corrected chi connectivity index (χ3v) is 5.10. The summed E-state index contributed by atoms with van der Waals surface area (Å²) in [5.41, 5.74) is 2.62. The first-order valence-corrected chi connectivity index (χ1v) is 10.2. The van der Waals surface area contributed by atoms with E-state index in [9.17, 15) is 9.59 Å². The molecule has 0 spiro atoms. The minimum absolute atomic E-state index is 0.0255. The van der Waals surface area contributed by atoms with E-state index in [0.29, 0.717) is 36.5 Å². The van der Waals surface area contributed by atoms with Crippen molar-refractivity contribution in [2.45, 2.75) is 26.0 Å². The lowest BCUT2D eigenvalue weighted by Gasteiger charge is -2.33. The van der Waals surface area contributed by atoms with Gasteiger partial charge in [-0.2, -0.15) is 0 Å². The van der Waals surface area contributed by atoms with E-state index >= 15 is 0 Å².